The Balaban J connectivity index is 1.99. The third-order valence-corrected chi connectivity index (χ3v) is 4.72. The lowest BCUT2D eigenvalue weighted by Gasteiger charge is -2.09. The number of carbonyl (C=O) groups excluding carboxylic acids is 1. The Labute approximate surface area is 141 Å². The molecule has 0 saturated heterocycles. The van der Waals surface area contributed by atoms with E-state index in [1.54, 1.807) is 12.1 Å². The van der Waals surface area contributed by atoms with Crippen LogP contribution in [-0.2, 0) is 14.8 Å². The predicted molar refractivity (Wildman–Crippen MR) is 92.7 cm³/mol. The fourth-order valence-corrected chi connectivity index (χ4v) is 3.23. The maximum Gasteiger partial charge on any atom is 0.241 e. The molecule has 24 heavy (non-hydrogen) atoms. The molecule has 6 nitrogen and oxygen atoms in total. The Bertz CT molecular complexity index is 810. The Morgan fingerprint density at radius 2 is 1.62 bits per heavy atom. The largest absolute Gasteiger partial charge is 0.497 e. The minimum atomic E-state index is -3.76. The summed E-state index contributed by atoms with van der Waals surface area (Å²) < 4.78 is 31.6. The molecule has 2 rings (SSSR count). The number of hydrogen-bond acceptors (Lipinski definition) is 4. The maximum atomic E-state index is 12.2. The summed E-state index contributed by atoms with van der Waals surface area (Å²) in [6.07, 6.45) is 0. The lowest BCUT2D eigenvalue weighted by molar-refractivity contribution is -0.115. The van der Waals surface area contributed by atoms with E-state index in [4.69, 9.17) is 4.74 Å². The molecular weight excluding hydrogens is 328 g/mol. The first-order chi connectivity index (χ1) is 11.3. The van der Waals surface area contributed by atoms with Crippen molar-refractivity contribution < 1.29 is 17.9 Å². The highest BCUT2D eigenvalue weighted by Gasteiger charge is 2.15. The number of hydrogen-bond donors (Lipinski definition) is 2. The highest BCUT2D eigenvalue weighted by molar-refractivity contribution is 7.89. The Hall–Kier alpha value is -2.38. The molecular formula is C17H20N2O4S. The van der Waals surface area contributed by atoms with E-state index in [2.05, 4.69) is 10.0 Å². The van der Waals surface area contributed by atoms with Crippen LogP contribution >= 0.6 is 0 Å². The average molecular weight is 348 g/mol. The molecule has 2 aromatic carbocycles. The lowest BCUT2D eigenvalue weighted by Crippen LogP contribution is -2.32. The van der Waals surface area contributed by atoms with Gasteiger partial charge in [-0.3, -0.25) is 4.79 Å². The van der Waals surface area contributed by atoms with Gasteiger partial charge >= 0.3 is 0 Å². The van der Waals surface area contributed by atoms with Gasteiger partial charge in [0.25, 0.3) is 0 Å². The van der Waals surface area contributed by atoms with Gasteiger partial charge in [0.05, 0.1) is 18.6 Å². The van der Waals surface area contributed by atoms with E-state index >= 15 is 0 Å². The SMILES string of the molecule is COc1ccc(S(=O)(=O)NCC(=O)Nc2cc(C)cc(C)c2)cc1. The van der Waals surface area contributed by atoms with E-state index in [1.807, 2.05) is 32.0 Å². The molecule has 0 bridgehead atoms. The summed E-state index contributed by atoms with van der Waals surface area (Å²) in [6.45, 7) is 3.51. The van der Waals surface area contributed by atoms with Gasteiger partial charge < -0.3 is 10.1 Å². The first-order valence-corrected chi connectivity index (χ1v) is 8.80. The molecule has 0 aliphatic heterocycles. The summed E-state index contributed by atoms with van der Waals surface area (Å²) in [5.74, 6) is 0.124. The van der Waals surface area contributed by atoms with Gasteiger partial charge in [-0.05, 0) is 61.4 Å². The number of rotatable bonds is 6. The van der Waals surface area contributed by atoms with Crippen LogP contribution in [0.3, 0.4) is 0 Å². The predicted octanol–water partition coefficient (Wildman–Crippen LogP) is 2.23. The Kier molecular flexibility index (Phi) is 5.58. The van der Waals surface area contributed by atoms with Crippen LogP contribution < -0.4 is 14.8 Å². The van der Waals surface area contributed by atoms with Crippen LogP contribution in [-0.4, -0.2) is 28.0 Å². The van der Waals surface area contributed by atoms with Crippen LogP contribution in [0.25, 0.3) is 0 Å². The van der Waals surface area contributed by atoms with Gasteiger partial charge in [-0.2, -0.15) is 0 Å². The van der Waals surface area contributed by atoms with Gasteiger partial charge in [0.1, 0.15) is 5.75 Å². The third-order valence-electron chi connectivity index (χ3n) is 3.30. The second kappa shape index (κ2) is 7.46. The van der Waals surface area contributed by atoms with Crippen molar-refractivity contribution in [2.45, 2.75) is 18.7 Å². The highest BCUT2D eigenvalue weighted by Crippen LogP contribution is 2.16. The minimum Gasteiger partial charge on any atom is -0.497 e. The van der Waals surface area contributed by atoms with Crippen LogP contribution in [0.2, 0.25) is 0 Å². The molecule has 0 aromatic heterocycles. The normalized spacial score (nSPS) is 11.1. The van der Waals surface area contributed by atoms with Gasteiger partial charge in [-0.25, -0.2) is 13.1 Å². The molecule has 128 valence electrons. The van der Waals surface area contributed by atoms with Gasteiger partial charge in [-0.15, -0.1) is 0 Å². The topological polar surface area (TPSA) is 84.5 Å². The van der Waals surface area contributed by atoms with E-state index in [0.29, 0.717) is 11.4 Å². The van der Waals surface area contributed by atoms with Crippen LogP contribution in [0.4, 0.5) is 5.69 Å². The van der Waals surface area contributed by atoms with Gasteiger partial charge in [-0.1, -0.05) is 6.07 Å². The number of aryl methyl sites for hydroxylation is 2. The summed E-state index contributed by atoms with van der Waals surface area (Å²) in [4.78, 5) is 12.0. The Morgan fingerprint density at radius 1 is 1.04 bits per heavy atom. The number of ether oxygens (including phenoxy) is 1. The number of nitrogens with one attached hydrogen (secondary N) is 2. The van der Waals surface area contributed by atoms with Gasteiger partial charge in [0.15, 0.2) is 0 Å². The molecule has 0 fully saturated rings. The van der Waals surface area contributed by atoms with Crippen molar-refractivity contribution in [2.75, 3.05) is 19.0 Å². The number of anilines is 1. The Morgan fingerprint density at radius 3 is 2.17 bits per heavy atom. The molecule has 0 atom stereocenters. The molecule has 1 amide bonds. The zero-order valence-corrected chi connectivity index (χ0v) is 14.6. The lowest BCUT2D eigenvalue weighted by atomic mass is 10.1. The second-order valence-electron chi connectivity index (χ2n) is 5.42. The van der Waals surface area contributed by atoms with Crippen LogP contribution in [0.5, 0.6) is 5.75 Å². The highest BCUT2D eigenvalue weighted by atomic mass is 32.2. The first kappa shape index (κ1) is 18.0. The van der Waals surface area contributed by atoms with Crippen molar-refractivity contribution in [3.63, 3.8) is 0 Å². The van der Waals surface area contributed by atoms with Crippen LogP contribution in [0.15, 0.2) is 47.4 Å². The van der Waals surface area contributed by atoms with E-state index in [0.717, 1.165) is 11.1 Å². The summed E-state index contributed by atoms with van der Waals surface area (Å²) in [5.41, 5.74) is 2.68. The van der Waals surface area contributed by atoms with Gasteiger partial charge in [0, 0.05) is 5.69 Å². The van der Waals surface area contributed by atoms with Crippen molar-refractivity contribution in [1.29, 1.82) is 0 Å². The molecule has 0 saturated carbocycles. The van der Waals surface area contributed by atoms with Crippen molar-refractivity contribution >= 4 is 21.6 Å². The molecule has 0 heterocycles. The second-order valence-corrected chi connectivity index (χ2v) is 7.19. The molecule has 0 spiro atoms. The monoisotopic (exact) mass is 348 g/mol. The van der Waals surface area contributed by atoms with Crippen molar-refractivity contribution in [3.8, 4) is 5.75 Å². The first-order valence-electron chi connectivity index (χ1n) is 7.32. The maximum absolute atomic E-state index is 12.2. The minimum absolute atomic E-state index is 0.0718. The van der Waals surface area contributed by atoms with Crippen molar-refractivity contribution in [3.05, 3.63) is 53.6 Å². The number of benzene rings is 2. The smallest absolute Gasteiger partial charge is 0.241 e. The van der Waals surface area contributed by atoms with E-state index < -0.39 is 15.9 Å². The van der Waals surface area contributed by atoms with Crippen molar-refractivity contribution in [1.82, 2.24) is 4.72 Å². The van der Waals surface area contributed by atoms with Crippen LogP contribution in [0, 0.1) is 13.8 Å². The molecule has 2 N–H and O–H groups in total. The summed E-state index contributed by atoms with van der Waals surface area (Å²) >= 11 is 0. The van der Waals surface area contributed by atoms with Gasteiger partial charge in [0.2, 0.25) is 15.9 Å². The number of amides is 1. The van der Waals surface area contributed by atoms with E-state index in [9.17, 15) is 13.2 Å². The third kappa shape index (κ3) is 4.81. The number of methoxy groups -OCH3 is 1. The number of carbonyl (C=O) groups is 1. The van der Waals surface area contributed by atoms with Crippen molar-refractivity contribution in [2.24, 2.45) is 0 Å². The molecule has 7 heteroatoms. The zero-order chi connectivity index (χ0) is 17.7. The summed E-state index contributed by atoms with van der Waals surface area (Å²) in [7, 11) is -2.26. The molecule has 0 unspecified atom stereocenters. The molecule has 0 radical (unpaired) electrons. The summed E-state index contributed by atoms with van der Waals surface area (Å²) in [5, 5.41) is 2.68. The van der Waals surface area contributed by atoms with E-state index in [1.165, 1.54) is 19.2 Å². The molecule has 0 aliphatic rings. The fourth-order valence-electron chi connectivity index (χ4n) is 2.25. The zero-order valence-electron chi connectivity index (χ0n) is 13.8. The molecule has 0 aliphatic carbocycles. The molecule has 2 aromatic rings. The standard InChI is InChI=1S/C17H20N2O4S/c1-12-8-13(2)10-14(9-12)19-17(20)11-18-24(21,22)16-6-4-15(23-3)5-7-16/h4-10,18H,11H2,1-3H3,(H,19,20). The van der Waals surface area contributed by atoms with E-state index in [-0.39, 0.29) is 11.4 Å². The van der Waals surface area contributed by atoms with Crippen LogP contribution in [0.1, 0.15) is 11.1 Å². The fraction of sp³-hybridized carbons (Fsp3) is 0.235. The number of sulfonamides is 1. The average Bonchev–Trinajstić information content (AvgIpc) is 2.52. The summed E-state index contributed by atoms with van der Waals surface area (Å²) in [6, 6.07) is 11.6. The quantitative estimate of drug-likeness (QED) is 0.838.